The van der Waals surface area contributed by atoms with E-state index in [2.05, 4.69) is 0 Å². The first-order chi connectivity index (χ1) is 12.0. The summed E-state index contributed by atoms with van der Waals surface area (Å²) < 4.78 is 47.7. The minimum atomic E-state index is -3.52. The van der Waals surface area contributed by atoms with Gasteiger partial charge in [-0.25, -0.2) is 21.1 Å². The first-order valence-corrected chi connectivity index (χ1v) is 11.7. The second-order valence-corrected chi connectivity index (χ2v) is 11.0. The first kappa shape index (κ1) is 20.8. The highest BCUT2D eigenvalue weighted by Crippen LogP contribution is 2.16. The molecule has 1 heterocycles. The molecule has 0 aromatic heterocycles. The van der Waals surface area contributed by atoms with Gasteiger partial charge in [-0.1, -0.05) is 0 Å². The number of rotatable bonds is 6. The summed E-state index contributed by atoms with van der Waals surface area (Å²) in [7, 11) is -3.60. The maximum absolute atomic E-state index is 12.6. The smallest absolute Gasteiger partial charge is 0.253 e. The zero-order valence-electron chi connectivity index (χ0n) is 15.3. The third-order valence-electron chi connectivity index (χ3n) is 4.32. The Morgan fingerprint density at radius 2 is 1.54 bits per heavy atom. The van der Waals surface area contributed by atoms with E-state index in [1.165, 1.54) is 44.6 Å². The molecule has 1 aliphatic rings. The molecule has 1 aromatic rings. The molecule has 8 nitrogen and oxygen atoms in total. The largest absolute Gasteiger partial charge is 0.336 e. The number of nitrogens with zero attached hydrogens (tertiary/aromatic N) is 3. The summed E-state index contributed by atoms with van der Waals surface area (Å²) in [6, 6.07) is 5.92. The molecule has 146 valence electrons. The summed E-state index contributed by atoms with van der Waals surface area (Å²) in [6.45, 7) is 2.74. The molecule has 1 fully saturated rings. The number of sulfone groups is 1. The van der Waals surface area contributed by atoms with E-state index in [1.54, 1.807) is 4.90 Å². The van der Waals surface area contributed by atoms with E-state index < -0.39 is 19.9 Å². The van der Waals surface area contributed by atoms with Crippen molar-refractivity contribution in [3.05, 3.63) is 29.8 Å². The van der Waals surface area contributed by atoms with Crippen LogP contribution >= 0.6 is 0 Å². The average molecular weight is 404 g/mol. The van der Waals surface area contributed by atoms with E-state index >= 15 is 0 Å². The Labute approximate surface area is 155 Å². The van der Waals surface area contributed by atoms with Gasteiger partial charge in [0.2, 0.25) is 10.0 Å². The molecule has 10 heteroatoms. The number of hydrogen-bond acceptors (Lipinski definition) is 6. The van der Waals surface area contributed by atoms with Crippen molar-refractivity contribution in [1.82, 2.24) is 14.1 Å². The maximum atomic E-state index is 12.6. The molecule has 1 aliphatic heterocycles. The lowest BCUT2D eigenvalue weighted by Gasteiger charge is -2.34. The molecule has 0 saturated carbocycles. The van der Waals surface area contributed by atoms with Gasteiger partial charge in [-0.05, 0) is 24.3 Å². The number of benzene rings is 1. The van der Waals surface area contributed by atoms with Crippen molar-refractivity contribution in [3.8, 4) is 0 Å². The lowest BCUT2D eigenvalue weighted by atomic mass is 10.2. The molecule has 0 radical (unpaired) electrons. The van der Waals surface area contributed by atoms with E-state index in [9.17, 15) is 21.6 Å². The minimum absolute atomic E-state index is 0.114. The summed E-state index contributed by atoms with van der Waals surface area (Å²) in [4.78, 5) is 16.4. The van der Waals surface area contributed by atoms with Crippen LogP contribution in [0.1, 0.15) is 10.4 Å². The van der Waals surface area contributed by atoms with Gasteiger partial charge in [0, 0.05) is 58.6 Å². The van der Waals surface area contributed by atoms with E-state index in [1.807, 2.05) is 4.90 Å². The van der Waals surface area contributed by atoms with Crippen molar-refractivity contribution in [1.29, 1.82) is 0 Å². The van der Waals surface area contributed by atoms with Crippen LogP contribution in [0.15, 0.2) is 29.2 Å². The van der Waals surface area contributed by atoms with E-state index in [0.29, 0.717) is 38.3 Å². The minimum Gasteiger partial charge on any atom is -0.336 e. The molecule has 0 spiro atoms. The Balaban J connectivity index is 1.96. The Morgan fingerprint density at radius 3 is 2.00 bits per heavy atom. The fourth-order valence-corrected chi connectivity index (χ4v) is 4.12. The van der Waals surface area contributed by atoms with Crippen LogP contribution in [0.25, 0.3) is 0 Å². The number of piperazine rings is 1. The zero-order valence-corrected chi connectivity index (χ0v) is 16.9. The van der Waals surface area contributed by atoms with Gasteiger partial charge in [0.15, 0.2) is 0 Å². The number of sulfonamides is 1. The number of amides is 1. The van der Waals surface area contributed by atoms with Gasteiger partial charge < -0.3 is 4.90 Å². The fourth-order valence-electron chi connectivity index (χ4n) is 2.63. The molecule has 1 saturated heterocycles. The van der Waals surface area contributed by atoms with E-state index in [0.717, 1.165) is 4.31 Å². The lowest BCUT2D eigenvalue weighted by molar-refractivity contribution is 0.0644. The highest BCUT2D eigenvalue weighted by atomic mass is 32.2. The summed E-state index contributed by atoms with van der Waals surface area (Å²) >= 11 is 0. The first-order valence-electron chi connectivity index (χ1n) is 8.22. The van der Waals surface area contributed by atoms with Crippen molar-refractivity contribution in [2.24, 2.45) is 0 Å². The van der Waals surface area contributed by atoms with Gasteiger partial charge >= 0.3 is 0 Å². The van der Waals surface area contributed by atoms with E-state index in [-0.39, 0.29) is 16.6 Å². The van der Waals surface area contributed by atoms with Crippen LogP contribution in [0.4, 0.5) is 0 Å². The summed E-state index contributed by atoms with van der Waals surface area (Å²) in [5, 5.41) is 0. The number of hydrogen-bond donors (Lipinski definition) is 0. The molecule has 2 rings (SSSR count). The normalized spacial score (nSPS) is 16.8. The third-order valence-corrected chi connectivity index (χ3v) is 7.07. The quantitative estimate of drug-likeness (QED) is 0.649. The second kappa shape index (κ2) is 8.03. The van der Waals surface area contributed by atoms with Gasteiger partial charge in [0.05, 0.1) is 10.6 Å². The Morgan fingerprint density at radius 1 is 1.00 bits per heavy atom. The molecular formula is C16H25N3O5S2. The highest BCUT2D eigenvalue weighted by molar-refractivity contribution is 7.90. The van der Waals surface area contributed by atoms with Crippen LogP contribution in [0.2, 0.25) is 0 Å². The lowest BCUT2D eigenvalue weighted by Crippen LogP contribution is -2.49. The van der Waals surface area contributed by atoms with Crippen LogP contribution in [0.5, 0.6) is 0 Å². The van der Waals surface area contributed by atoms with Gasteiger partial charge in [-0.15, -0.1) is 0 Å². The average Bonchev–Trinajstić information content (AvgIpc) is 2.59. The van der Waals surface area contributed by atoms with Crippen LogP contribution in [-0.2, 0) is 19.9 Å². The standard InChI is InChI=1S/C16H25N3O5S2/c1-17(2)26(23,24)15-6-4-14(5-7-15)16(20)19-10-8-18(9-11-19)12-13-25(3,21)22/h4-7H,8-13H2,1-3H3. The van der Waals surface area contributed by atoms with Crippen LogP contribution in [-0.4, -0.2) is 95.7 Å². The third kappa shape index (κ3) is 5.26. The van der Waals surface area contributed by atoms with Gasteiger partial charge in [0.1, 0.15) is 9.84 Å². The Bertz CT molecular complexity index is 840. The van der Waals surface area contributed by atoms with Crippen molar-refractivity contribution in [2.45, 2.75) is 4.90 Å². The number of carbonyl (C=O) groups excluding carboxylic acids is 1. The fraction of sp³-hybridized carbons (Fsp3) is 0.562. The Hall–Kier alpha value is -1.49. The van der Waals surface area contributed by atoms with Crippen molar-refractivity contribution in [3.63, 3.8) is 0 Å². The SMILES string of the molecule is CN(C)S(=O)(=O)c1ccc(C(=O)N2CCN(CCS(C)(=O)=O)CC2)cc1. The van der Waals surface area contributed by atoms with Crippen LogP contribution in [0.3, 0.4) is 0 Å². The molecular weight excluding hydrogens is 378 g/mol. The predicted molar refractivity (Wildman–Crippen MR) is 99.4 cm³/mol. The molecule has 26 heavy (non-hydrogen) atoms. The number of carbonyl (C=O) groups is 1. The summed E-state index contributed by atoms with van der Waals surface area (Å²) in [6.07, 6.45) is 1.22. The molecule has 1 amide bonds. The Kier molecular flexibility index (Phi) is 6.43. The molecule has 0 unspecified atom stereocenters. The van der Waals surface area contributed by atoms with Crippen molar-refractivity contribution >= 4 is 25.8 Å². The second-order valence-electron chi connectivity index (χ2n) is 6.58. The zero-order chi connectivity index (χ0) is 19.5. The van der Waals surface area contributed by atoms with Crippen LogP contribution < -0.4 is 0 Å². The molecule has 0 bridgehead atoms. The van der Waals surface area contributed by atoms with Crippen molar-refractivity contribution < 1.29 is 21.6 Å². The summed E-state index contributed by atoms with van der Waals surface area (Å²) in [5.41, 5.74) is 0.437. The monoisotopic (exact) mass is 403 g/mol. The molecule has 0 atom stereocenters. The van der Waals surface area contributed by atoms with Crippen molar-refractivity contribution in [2.75, 3.05) is 58.8 Å². The van der Waals surface area contributed by atoms with Crippen LogP contribution in [0, 0.1) is 0 Å². The topological polar surface area (TPSA) is 95.1 Å². The van der Waals surface area contributed by atoms with E-state index in [4.69, 9.17) is 0 Å². The molecule has 1 aromatic carbocycles. The summed E-state index contributed by atoms with van der Waals surface area (Å²) in [5.74, 6) is -0.0375. The predicted octanol–water partition coefficient (Wildman–Crippen LogP) is -0.261. The molecule has 0 N–H and O–H groups in total. The van der Waals surface area contributed by atoms with Gasteiger partial charge in [0.25, 0.3) is 5.91 Å². The van der Waals surface area contributed by atoms with Gasteiger partial charge in [-0.2, -0.15) is 0 Å². The molecule has 0 aliphatic carbocycles. The van der Waals surface area contributed by atoms with Gasteiger partial charge in [-0.3, -0.25) is 9.69 Å². The highest BCUT2D eigenvalue weighted by Gasteiger charge is 2.23. The maximum Gasteiger partial charge on any atom is 0.253 e.